The van der Waals surface area contributed by atoms with Crippen LogP contribution in [0.25, 0.3) is 11.0 Å². The molecule has 0 spiro atoms. The van der Waals surface area contributed by atoms with Gasteiger partial charge in [-0.1, -0.05) is 6.07 Å². The molecule has 0 aliphatic rings. The summed E-state index contributed by atoms with van der Waals surface area (Å²) in [6.45, 7) is 7.07. The predicted octanol–water partition coefficient (Wildman–Crippen LogP) is 4.14. The Labute approximate surface area is 162 Å². The van der Waals surface area contributed by atoms with Gasteiger partial charge in [-0.3, -0.25) is 0 Å². The second-order valence-corrected chi connectivity index (χ2v) is 6.64. The molecule has 0 fully saturated rings. The van der Waals surface area contributed by atoms with Gasteiger partial charge in [0.05, 0.1) is 18.6 Å². The van der Waals surface area contributed by atoms with Gasteiger partial charge in [0.25, 0.3) is 0 Å². The van der Waals surface area contributed by atoms with Gasteiger partial charge in [-0.2, -0.15) is 5.26 Å². The summed E-state index contributed by atoms with van der Waals surface area (Å²) < 4.78 is 16.6. The van der Waals surface area contributed by atoms with Crippen molar-refractivity contribution in [2.24, 2.45) is 0 Å². The molecule has 144 valence electrons. The second kappa shape index (κ2) is 8.05. The third kappa shape index (κ3) is 3.94. The minimum atomic E-state index is -0.873. The third-order valence-electron chi connectivity index (χ3n) is 4.54. The third-order valence-corrected chi connectivity index (χ3v) is 4.54. The fourth-order valence-corrected chi connectivity index (χ4v) is 2.94. The number of nitrogens with zero attached hydrogens (tertiary/aromatic N) is 1. The van der Waals surface area contributed by atoms with Gasteiger partial charge in [0.1, 0.15) is 23.2 Å². The molecule has 0 atom stereocenters. The molecule has 6 nitrogen and oxygen atoms in total. The fourth-order valence-electron chi connectivity index (χ4n) is 2.94. The molecule has 1 aromatic heterocycles. The smallest absolute Gasteiger partial charge is 0.358 e. The molecule has 0 aliphatic carbocycles. The molecule has 3 rings (SSSR count). The minimum absolute atomic E-state index is 0.168. The van der Waals surface area contributed by atoms with Gasteiger partial charge < -0.3 is 19.0 Å². The van der Waals surface area contributed by atoms with Crippen LogP contribution in [0.1, 0.15) is 28.7 Å². The van der Waals surface area contributed by atoms with Crippen LogP contribution in [-0.4, -0.2) is 18.3 Å². The van der Waals surface area contributed by atoms with Crippen LogP contribution in [0.4, 0.5) is 0 Å². The van der Waals surface area contributed by atoms with E-state index >= 15 is 0 Å². The zero-order chi connectivity index (χ0) is 20.3. The molecule has 0 saturated heterocycles. The number of aromatic hydroxyl groups is 1. The molecule has 1 heterocycles. The molecule has 6 heteroatoms. The van der Waals surface area contributed by atoms with Crippen LogP contribution in [0.2, 0.25) is 0 Å². The highest BCUT2D eigenvalue weighted by Gasteiger charge is 2.14. The average molecular weight is 379 g/mol. The molecule has 3 aromatic rings. The van der Waals surface area contributed by atoms with E-state index in [9.17, 15) is 9.90 Å². The summed E-state index contributed by atoms with van der Waals surface area (Å²) in [5, 5.41) is 19.2. The molecule has 0 unspecified atom stereocenters. The van der Waals surface area contributed by atoms with E-state index in [0.717, 1.165) is 16.9 Å². The summed E-state index contributed by atoms with van der Waals surface area (Å²) in [6, 6.07) is 10.5. The normalized spacial score (nSPS) is 10.6. The molecule has 0 bridgehead atoms. The first-order valence-corrected chi connectivity index (χ1v) is 8.94. The number of nitriles is 1. The fraction of sp³-hybridized carbons (Fsp3) is 0.273. The summed E-state index contributed by atoms with van der Waals surface area (Å²) in [6.07, 6.45) is 0.674. The van der Waals surface area contributed by atoms with E-state index in [1.54, 1.807) is 18.2 Å². The summed E-state index contributed by atoms with van der Waals surface area (Å²) in [5.41, 5.74) is 2.39. The maximum Gasteiger partial charge on any atom is 0.358 e. The number of hydrogen-bond donors (Lipinski definition) is 1. The molecule has 28 heavy (non-hydrogen) atoms. The molecule has 0 radical (unpaired) electrons. The highest BCUT2D eigenvalue weighted by atomic mass is 16.5. The van der Waals surface area contributed by atoms with Crippen molar-refractivity contribution in [3.63, 3.8) is 0 Å². The van der Waals surface area contributed by atoms with Crippen LogP contribution in [0.15, 0.2) is 39.5 Å². The standard InChI is InChI=1S/C22H21NO5/c1-13-9-14(2)15(3)19(10-13)27-8-4-7-26-16-5-6-17-20(11-16)28-22(25)18(12-23)21(17)24/h5-6,9-11,24H,4,7-8H2,1-3H3. The Morgan fingerprint density at radius 1 is 1.11 bits per heavy atom. The van der Waals surface area contributed by atoms with Gasteiger partial charge >= 0.3 is 5.63 Å². The topological polar surface area (TPSA) is 92.7 Å². The van der Waals surface area contributed by atoms with Crippen LogP contribution in [0.3, 0.4) is 0 Å². The molecule has 2 aromatic carbocycles. The van der Waals surface area contributed by atoms with Crippen LogP contribution >= 0.6 is 0 Å². The van der Waals surface area contributed by atoms with Gasteiger partial charge in [0.15, 0.2) is 11.3 Å². The Morgan fingerprint density at radius 3 is 2.61 bits per heavy atom. The average Bonchev–Trinajstić information content (AvgIpc) is 2.65. The Bertz CT molecular complexity index is 1120. The van der Waals surface area contributed by atoms with Crippen LogP contribution in [-0.2, 0) is 0 Å². The SMILES string of the molecule is Cc1cc(C)c(C)c(OCCCOc2ccc3c(O)c(C#N)c(=O)oc3c2)c1. The van der Waals surface area contributed by atoms with E-state index in [1.807, 2.05) is 19.9 Å². The van der Waals surface area contributed by atoms with Gasteiger partial charge in [-0.25, -0.2) is 4.79 Å². The quantitative estimate of drug-likeness (QED) is 0.511. The summed E-state index contributed by atoms with van der Waals surface area (Å²) in [7, 11) is 0. The lowest BCUT2D eigenvalue weighted by atomic mass is 10.1. The maximum absolute atomic E-state index is 11.7. The molecule has 0 amide bonds. The number of ether oxygens (including phenoxy) is 2. The first-order chi connectivity index (χ1) is 13.4. The monoisotopic (exact) mass is 379 g/mol. The number of fused-ring (bicyclic) bond motifs is 1. The number of rotatable bonds is 6. The van der Waals surface area contributed by atoms with Crippen molar-refractivity contribution in [1.82, 2.24) is 0 Å². The van der Waals surface area contributed by atoms with Gasteiger partial charge in [-0.05, 0) is 55.7 Å². The van der Waals surface area contributed by atoms with E-state index in [-0.39, 0.29) is 16.7 Å². The van der Waals surface area contributed by atoms with Crippen molar-refractivity contribution >= 4 is 11.0 Å². The first kappa shape index (κ1) is 19.3. The Kier molecular flexibility index (Phi) is 5.55. The first-order valence-electron chi connectivity index (χ1n) is 8.94. The Balaban J connectivity index is 1.60. The van der Waals surface area contributed by atoms with Crippen LogP contribution in [0, 0.1) is 32.1 Å². The van der Waals surface area contributed by atoms with E-state index in [2.05, 4.69) is 13.0 Å². The highest BCUT2D eigenvalue weighted by Crippen LogP contribution is 2.29. The van der Waals surface area contributed by atoms with E-state index < -0.39 is 11.2 Å². The maximum atomic E-state index is 11.7. The minimum Gasteiger partial charge on any atom is -0.506 e. The lowest BCUT2D eigenvalue weighted by molar-refractivity contribution is 0.246. The lowest BCUT2D eigenvalue weighted by Gasteiger charge is -2.13. The highest BCUT2D eigenvalue weighted by molar-refractivity contribution is 5.86. The van der Waals surface area contributed by atoms with Gasteiger partial charge in [-0.15, -0.1) is 0 Å². The summed E-state index contributed by atoms with van der Waals surface area (Å²) >= 11 is 0. The van der Waals surface area contributed by atoms with Gasteiger partial charge in [0, 0.05) is 12.5 Å². The Hall–Kier alpha value is -3.46. The molecule has 0 aliphatic heterocycles. The molecule has 1 N–H and O–H groups in total. The van der Waals surface area contributed by atoms with Crippen molar-refractivity contribution in [3.8, 4) is 23.3 Å². The predicted molar refractivity (Wildman–Crippen MR) is 105 cm³/mol. The number of aryl methyl sites for hydroxylation is 2. The van der Waals surface area contributed by atoms with Crippen LogP contribution in [0.5, 0.6) is 17.2 Å². The van der Waals surface area contributed by atoms with E-state index in [4.69, 9.17) is 19.2 Å². The number of benzene rings is 2. The zero-order valence-electron chi connectivity index (χ0n) is 16.0. The van der Waals surface area contributed by atoms with Crippen molar-refractivity contribution in [3.05, 3.63) is 63.0 Å². The number of hydrogen-bond acceptors (Lipinski definition) is 6. The van der Waals surface area contributed by atoms with Crippen LogP contribution < -0.4 is 15.1 Å². The summed E-state index contributed by atoms with van der Waals surface area (Å²) in [4.78, 5) is 11.7. The second-order valence-electron chi connectivity index (χ2n) is 6.64. The van der Waals surface area contributed by atoms with Gasteiger partial charge in [0.2, 0.25) is 0 Å². The van der Waals surface area contributed by atoms with E-state index in [0.29, 0.717) is 25.4 Å². The van der Waals surface area contributed by atoms with Crippen molar-refractivity contribution in [1.29, 1.82) is 5.26 Å². The summed E-state index contributed by atoms with van der Waals surface area (Å²) in [5.74, 6) is 1.01. The van der Waals surface area contributed by atoms with Crippen molar-refractivity contribution in [2.45, 2.75) is 27.2 Å². The van der Waals surface area contributed by atoms with Crippen molar-refractivity contribution in [2.75, 3.05) is 13.2 Å². The molecular formula is C22H21NO5. The van der Waals surface area contributed by atoms with E-state index in [1.165, 1.54) is 11.6 Å². The van der Waals surface area contributed by atoms with Crippen molar-refractivity contribution < 1.29 is 19.0 Å². The molecule has 0 saturated carbocycles. The molecular weight excluding hydrogens is 358 g/mol. The lowest BCUT2D eigenvalue weighted by Crippen LogP contribution is -2.07. The largest absolute Gasteiger partial charge is 0.506 e. The Morgan fingerprint density at radius 2 is 1.86 bits per heavy atom. The zero-order valence-corrected chi connectivity index (χ0v) is 16.0.